The van der Waals surface area contributed by atoms with E-state index in [4.69, 9.17) is 9.47 Å². The third-order valence-corrected chi connectivity index (χ3v) is 3.87. The van der Waals surface area contributed by atoms with Gasteiger partial charge < -0.3 is 14.8 Å². The number of esters is 1. The molecular weight excluding hydrogens is 230 g/mol. The number of ether oxygens (including phenoxy) is 2. The average Bonchev–Trinajstić information content (AvgIpc) is 2.85. The summed E-state index contributed by atoms with van der Waals surface area (Å²) < 4.78 is 10.5. The van der Waals surface area contributed by atoms with Gasteiger partial charge in [-0.25, -0.2) is 4.79 Å². The molecule has 0 atom stereocenters. The molecule has 96 valence electrons. The van der Waals surface area contributed by atoms with E-state index >= 15 is 0 Å². The van der Waals surface area contributed by atoms with Crippen LogP contribution in [-0.4, -0.2) is 25.2 Å². The summed E-state index contributed by atoms with van der Waals surface area (Å²) in [5.41, 5.74) is 1.62. The van der Waals surface area contributed by atoms with Crippen LogP contribution in [0.4, 0.5) is 5.69 Å². The lowest BCUT2D eigenvalue weighted by Crippen LogP contribution is -2.44. The fourth-order valence-corrected chi connectivity index (χ4v) is 2.85. The third-order valence-electron chi connectivity index (χ3n) is 3.87. The second-order valence-electron chi connectivity index (χ2n) is 5.10. The molecule has 1 heterocycles. The fraction of sp³-hybridized carbons (Fsp3) is 0.500. The summed E-state index contributed by atoms with van der Waals surface area (Å²) in [6, 6.07) is 5.42. The molecule has 4 heteroatoms. The minimum absolute atomic E-state index is 0.111. The van der Waals surface area contributed by atoms with Crippen LogP contribution in [0.5, 0.6) is 5.75 Å². The Labute approximate surface area is 106 Å². The molecule has 1 aliphatic heterocycles. The molecule has 0 aromatic heterocycles. The molecule has 0 radical (unpaired) electrons. The number of rotatable bonds is 1. The second-order valence-corrected chi connectivity index (χ2v) is 5.10. The van der Waals surface area contributed by atoms with Crippen molar-refractivity contribution in [3.8, 4) is 5.75 Å². The topological polar surface area (TPSA) is 47.6 Å². The summed E-state index contributed by atoms with van der Waals surface area (Å²) in [4.78, 5) is 11.5. The maximum absolute atomic E-state index is 11.5. The molecular formula is C14H17NO3. The lowest BCUT2D eigenvalue weighted by molar-refractivity contribution is 0.0600. The van der Waals surface area contributed by atoms with Crippen LogP contribution >= 0.6 is 0 Å². The molecule has 3 rings (SSSR count). The van der Waals surface area contributed by atoms with Gasteiger partial charge in [0.05, 0.1) is 23.9 Å². The van der Waals surface area contributed by atoms with Gasteiger partial charge in [0.15, 0.2) is 0 Å². The van der Waals surface area contributed by atoms with Crippen LogP contribution in [0.1, 0.15) is 36.0 Å². The summed E-state index contributed by atoms with van der Waals surface area (Å²) in [6.45, 7) is 0.685. The van der Waals surface area contributed by atoms with Gasteiger partial charge in [0, 0.05) is 0 Å². The van der Waals surface area contributed by atoms with E-state index in [1.807, 2.05) is 6.07 Å². The van der Waals surface area contributed by atoms with Gasteiger partial charge in [-0.1, -0.05) is 12.8 Å². The number of benzene rings is 1. The maximum Gasteiger partial charge on any atom is 0.337 e. The highest BCUT2D eigenvalue weighted by atomic mass is 16.5. The Morgan fingerprint density at radius 1 is 1.39 bits per heavy atom. The monoisotopic (exact) mass is 247 g/mol. The third kappa shape index (κ3) is 1.82. The number of carbonyl (C=O) groups is 1. The van der Waals surface area contributed by atoms with Crippen molar-refractivity contribution in [3.05, 3.63) is 23.8 Å². The van der Waals surface area contributed by atoms with Crippen molar-refractivity contribution in [2.75, 3.05) is 19.0 Å². The molecule has 1 aromatic rings. The zero-order valence-electron chi connectivity index (χ0n) is 10.5. The van der Waals surface area contributed by atoms with E-state index in [9.17, 15) is 4.79 Å². The standard InChI is InChI=1S/C14H17NO3/c1-17-13(16)10-4-5-11-12(8-10)18-9-14(15-11)6-2-3-7-14/h4-5,8,15H,2-3,6-7,9H2,1H3. The summed E-state index contributed by atoms with van der Waals surface area (Å²) in [5, 5.41) is 3.58. The predicted octanol–water partition coefficient (Wildman–Crippen LogP) is 2.59. The lowest BCUT2D eigenvalue weighted by atomic mass is 9.96. The van der Waals surface area contributed by atoms with Crippen LogP contribution in [0.15, 0.2) is 18.2 Å². The summed E-state index contributed by atoms with van der Waals surface area (Å²) >= 11 is 0. The Balaban J connectivity index is 1.87. The van der Waals surface area contributed by atoms with Crippen molar-refractivity contribution in [3.63, 3.8) is 0 Å². The summed E-state index contributed by atoms with van der Waals surface area (Å²) in [7, 11) is 1.38. The number of fused-ring (bicyclic) bond motifs is 1. The van der Waals surface area contributed by atoms with Gasteiger partial charge in [-0.3, -0.25) is 0 Å². The first-order valence-electron chi connectivity index (χ1n) is 6.36. The number of nitrogens with one attached hydrogen (secondary N) is 1. The molecule has 0 saturated heterocycles. The fourth-order valence-electron chi connectivity index (χ4n) is 2.85. The number of carbonyl (C=O) groups excluding carboxylic acids is 1. The first-order valence-corrected chi connectivity index (χ1v) is 6.36. The molecule has 0 bridgehead atoms. The maximum atomic E-state index is 11.5. The van der Waals surface area contributed by atoms with Crippen molar-refractivity contribution in [1.82, 2.24) is 0 Å². The smallest absolute Gasteiger partial charge is 0.337 e. The van der Waals surface area contributed by atoms with E-state index < -0.39 is 0 Å². The van der Waals surface area contributed by atoms with Gasteiger partial charge in [0.2, 0.25) is 0 Å². The largest absolute Gasteiger partial charge is 0.489 e. The van der Waals surface area contributed by atoms with Crippen LogP contribution in [0.25, 0.3) is 0 Å². The molecule has 2 aliphatic rings. The zero-order chi connectivity index (χ0) is 12.6. The Morgan fingerprint density at radius 3 is 2.89 bits per heavy atom. The van der Waals surface area contributed by atoms with Crippen molar-refractivity contribution in [2.24, 2.45) is 0 Å². The number of anilines is 1. The number of methoxy groups -OCH3 is 1. The van der Waals surface area contributed by atoms with Crippen molar-refractivity contribution in [1.29, 1.82) is 0 Å². The molecule has 1 N–H and O–H groups in total. The van der Waals surface area contributed by atoms with Crippen molar-refractivity contribution in [2.45, 2.75) is 31.2 Å². The molecule has 1 saturated carbocycles. The molecule has 0 amide bonds. The van der Waals surface area contributed by atoms with Crippen LogP contribution < -0.4 is 10.1 Å². The second kappa shape index (κ2) is 4.19. The highest BCUT2D eigenvalue weighted by molar-refractivity contribution is 5.90. The molecule has 1 fully saturated rings. The lowest BCUT2D eigenvalue weighted by Gasteiger charge is -2.36. The molecule has 18 heavy (non-hydrogen) atoms. The van der Waals surface area contributed by atoms with E-state index in [0.717, 1.165) is 24.3 Å². The molecule has 1 aromatic carbocycles. The summed E-state index contributed by atoms with van der Waals surface area (Å²) in [6.07, 6.45) is 4.83. The van der Waals surface area contributed by atoms with E-state index in [0.29, 0.717) is 12.2 Å². The minimum atomic E-state index is -0.331. The van der Waals surface area contributed by atoms with E-state index in [-0.39, 0.29) is 11.5 Å². The van der Waals surface area contributed by atoms with Gasteiger partial charge in [-0.15, -0.1) is 0 Å². The van der Waals surface area contributed by atoms with Gasteiger partial charge in [-0.2, -0.15) is 0 Å². The summed E-state index contributed by atoms with van der Waals surface area (Å²) in [5.74, 6) is 0.415. The van der Waals surface area contributed by atoms with Crippen LogP contribution in [0.2, 0.25) is 0 Å². The van der Waals surface area contributed by atoms with Gasteiger partial charge >= 0.3 is 5.97 Å². The van der Waals surface area contributed by atoms with Crippen LogP contribution in [0, 0.1) is 0 Å². The normalized spacial score (nSPS) is 19.8. The van der Waals surface area contributed by atoms with Gasteiger partial charge in [0.25, 0.3) is 0 Å². The zero-order valence-corrected chi connectivity index (χ0v) is 10.5. The highest BCUT2D eigenvalue weighted by Crippen LogP contribution is 2.40. The molecule has 4 nitrogen and oxygen atoms in total. The van der Waals surface area contributed by atoms with E-state index in [1.54, 1.807) is 12.1 Å². The van der Waals surface area contributed by atoms with E-state index in [1.165, 1.54) is 20.0 Å². The minimum Gasteiger partial charge on any atom is -0.489 e. The van der Waals surface area contributed by atoms with Crippen molar-refractivity contribution >= 4 is 11.7 Å². The number of hydrogen-bond acceptors (Lipinski definition) is 4. The quantitative estimate of drug-likeness (QED) is 0.775. The highest BCUT2D eigenvalue weighted by Gasteiger charge is 2.38. The first kappa shape index (κ1) is 11.4. The Hall–Kier alpha value is -1.71. The van der Waals surface area contributed by atoms with Crippen LogP contribution in [0.3, 0.4) is 0 Å². The first-order chi connectivity index (χ1) is 8.72. The molecule has 1 aliphatic carbocycles. The van der Waals surface area contributed by atoms with Crippen molar-refractivity contribution < 1.29 is 14.3 Å². The average molecular weight is 247 g/mol. The Bertz CT molecular complexity index is 478. The Morgan fingerprint density at radius 2 is 2.17 bits per heavy atom. The molecule has 1 spiro atoms. The Kier molecular flexibility index (Phi) is 2.65. The van der Waals surface area contributed by atoms with Gasteiger partial charge in [-0.05, 0) is 31.0 Å². The molecule has 0 unspecified atom stereocenters. The predicted molar refractivity (Wildman–Crippen MR) is 68.1 cm³/mol. The SMILES string of the molecule is COC(=O)c1ccc2c(c1)OCC1(CCCC1)N2. The number of hydrogen-bond donors (Lipinski definition) is 1. The van der Waals surface area contributed by atoms with Crippen LogP contribution in [-0.2, 0) is 4.74 Å². The van der Waals surface area contributed by atoms with Gasteiger partial charge in [0.1, 0.15) is 12.4 Å². The van der Waals surface area contributed by atoms with E-state index in [2.05, 4.69) is 5.32 Å².